The molecule has 4 nitrogen and oxygen atoms in total. The molecule has 0 amide bonds. The van der Waals surface area contributed by atoms with Crippen LogP contribution < -0.4 is 5.32 Å². The fourth-order valence-corrected chi connectivity index (χ4v) is 0.918. The molecule has 1 aromatic rings. The molecular weight excluding hydrogens is 154 g/mol. The van der Waals surface area contributed by atoms with Gasteiger partial charge in [-0.05, 0) is 13.3 Å². The average Bonchev–Trinajstić information content (AvgIpc) is 2.35. The first-order valence-corrected chi connectivity index (χ1v) is 4.10. The van der Waals surface area contributed by atoms with Crippen molar-refractivity contribution < 1.29 is 5.11 Å². The van der Waals surface area contributed by atoms with Crippen LogP contribution in [0.5, 0.6) is 0 Å². The second-order valence-electron chi connectivity index (χ2n) is 2.94. The summed E-state index contributed by atoms with van der Waals surface area (Å²) in [6.45, 7) is 2.54. The van der Waals surface area contributed by atoms with E-state index in [1.165, 1.54) is 0 Å². The van der Waals surface area contributed by atoms with Crippen LogP contribution in [0.1, 0.15) is 13.3 Å². The first-order chi connectivity index (χ1) is 5.68. The molecule has 0 spiro atoms. The number of rotatable bonds is 4. The maximum Gasteiger partial charge on any atom is 0.147 e. The minimum atomic E-state index is -0.249. The van der Waals surface area contributed by atoms with Gasteiger partial charge in [0.05, 0.1) is 6.10 Å². The molecule has 0 radical (unpaired) electrons. The van der Waals surface area contributed by atoms with E-state index in [9.17, 15) is 0 Å². The van der Waals surface area contributed by atoms with E-state index in [1.54, 1.807) is 11.6 Å². The number of aromatic nitrogens is 2. The Morgan fingerprint density at radius 1 is 1.75 bits per heavy atom. The molecular formula is C8H15N3O. The van der Waals surface area contributed by atoms with E-state index in [-0.39, 0.29) is 6.10 Å². The van der Waals surface area contributed by atoms with E-state index in [4.69, 9.17) is 5.11 Å². The summed E-state index contributed by atoms with van der Waals surface area (Å²) in [4.78, 5) is 0. The molecule has 0 aliphatic carbocycles. The van der Waals surface area contributed by atoms with Crippen LogP contribution in [-0.2, 0) is 7.05 Å². The van der Waals surface area contributed by atoms with Crippen LogP contribution in [-0.4, -0.2) is 27.5 Å². The summed E-state index contributed by atoms with van der Waals surface area (Å²) in [5.74, 6) is 0.859. The smallest absolute Gasteiger partial charge is 0.147 e. The summed E-state index contributed by atoms with van der Waals surface area (Å²) in [5.41, 5.74) is 0. The first kappa shape index (κ1) is 9.06. The molecule has 1 aromatic heterocycles. The third-order valence-corrected chi connectivity index (χ3v) is 1.58. The summed E-state index contributed by atoms with van der Waals surface area (Å²) >= 11 is 0. The molecule has 0 aliphatic heterocycles. The van der Waals surface area contributed by atoms with Gasteiger partial charge in [0.2, 0.25) is 0 Å². The zero-order chi connectivity index (χ0) is 8.97. The van der Waals surface area contributed by atoms with Gasteiger partial charge in [0.15, 0.2) is 0 Å². The van der Waals surface area contributed by atoms with E-state index in [0.29, 0.717) is 0 Å². The molecule has 0 fully saturated rings. The molecule has 4 heteroatoms. The molecule has 0 saturated carbocycles. The molecule has 0 saturated heterocycles. The monoisotopic (exact) mass is 169 g/mol. The van der Waals surface area contributed by atoms with Crippen LogP contribution in [0.15, 0.2) is 12.3 Å². The highest BCUT2D eigenvalue weighted by atomic mass is 16.3. The van der Waals surface area contributed by atoms with Crippen molar-refractivity contribution in [3.05, 3.63) is 12.3 Å². The predicted molar refractivity (Wildman–Crippen MR) is 48.0 cm³/mol. The fourth-order valence-electron chi connectivity index (χ4n) is 0.918. The largest absolute Gasteiger partial charge is 0.393 e. The van der Waals surface area contributed by atoms with E-state index in [0.717, 1.165) is 18.8 Å². The maximum absolute atomic E-state index is 8.97. The number of nitrogens with one attached hydrogen (secondary N) is 1. The van der Waals surface area contributed by atoms with Crippen molar-refractivity contribution in [2.75, 3.05) is 11.9 Å². The molecule has 1 unspecified atom stereocenters. The number of hydrogen-bond acceptors (Lipinski definition) is 3. The van der Waals surface area contributed by atoms with Crippen molar-refractivity contribution in [2.24, 2.45) is 7.05 Å². The zero-order valence-corrected chi connectivity index (χ0v) is 7.49. The Hall–Kier alpha value is -1.03. The van der Waals surface area contributed by atoms with Gasteiger partial charge in [0.25, 0.3) is 0 Å². The first-order valence-electron chi connectivity index (χ1n) is 4.10. The van der Waals surface area contributed by atoms with Crippen LogP contribution >= 0.6 is 0 Å². The third-order valence-electron chi connectivity index (χ3n) is 1.58. The Balaban J connectivity index is 2.24. The van der Waals surface area contributed by atoms with Crippen molar-refractivity contribution >= 4 is 5.82 Å². The molecule has 1 rings (SSSR count). The standard InChI is InChI=1S/C8H15N3O/c1-7(12)3-5-9-8-4-6-11(2)10-8/h4,6-7,12H,3,5H2,1-2H3,(H,9,10). The second kappa shape index (κ2) is 4.11. The summed E-state index contributed by atoms with van der Waals surface area (Å²) in [7, 11) is 1.87. The quantitative estimate of drug-likeness (QED) is 0.694. The topological polar surface area (TPSA) is 50.1 Å². The lowest BCUT2D eigenvalue weighted by Crippen LogP contribution is -2.10. The lowest BCUT2D eigenvalue weighted by atomic mass is 10.3. The highest BCUT2D eigenvalue weighted by molar-refractivity contribution is 5.31. The van der Waals surface area contributed by atoms with Gasteiger partial charge in [0, 0.05) is 25.9 Å². The summed E-state index contributed by atoms with van der Waals surface area (Å²) in [6, 6.07) is 1.90. The van der Waals surface area contributed by atoms with Crippen molar-refractivity contribution in [3.63, 3.8) is 0 Å². The van der Waals surface area contributed by atoms with Crippen LogP contribution in [0, 0.1) is 0 Å². The summed E-state index contributed by atoms with van der Waals surface area (Å²) < 4.78 is 1.74. The highest BCUT2D eigenvalue weighted by Gasteiger charge is 1.97. The number of aliphatic hydroxyl groups excluding tert-OH is 1. The molecule has 0 aliphatic rings. The van der Waals surface area contributed by atoms with Crippen LogP contribution in [0.25, 0.3) is 0 Å². The molecule has 68 valence electrons. The van der Waals surface area contributed by atoms with Gasteiger partial charge < -0.3 is 10.4 Å². The number of aliphatic hydroxyl groups is 1. The highest BCUT2D eigenvalue weighted by Crippen LogP contribution is 2.00. The van der Waals surface area contributed by atoms with Crippen molar-refractivity contribution in [2.45, 2.75) is 19.4 Å². The van der Waals surface area contributed by atoms with E-state index in [1.807, 2.05) is 19.3 Å². The molecule has 0 bridgehead atoms. The number of hydrogen-bond donors (Lipinski definition) is 2. The predicted octanol–water partition coefficient (Wildman–Crippen LogP) is 0.603. The molecule has 2 N–H and O–H groups in total. The third kappa shape index (κ3) is 2.92. The Morgan fingerprint density at radius 3 is 3.00 bits per heavy atom. The lowest BCUT2D eigenvalue weighted by molar-refractivity contribution is 0.188. The molecule has 1 atom stereocenters. The zero-order valence-electron chi connectivity index (χ0n) is 7.49. The average molecular weight is 169 g/mol. The van der Waals surface area contributed by atoms with Gasteiger partial charge in [-0.2, -0.15) is 5.10 Å². The van der Waals surface area contributed by atoms with Gasteiger partial charge in [-0.25, -0.2) is 0 Å². The van der Waals surface area contributed by atoms with Crippen LogP contribution in [0.4, 0.5) is 5.82 Å². The SMILES string of the molecule is CC(O)CCNc1ccn(C)n1. The van der Waals surface area contributed by atoms with E-state index < -0.39 is 0 Å². The minimum absolute atomic E-state index is 0.249. The van der Waals surface area contributed by atoms with E-state index >= 15 is 0 Å². The second-order valence-corrected chi connectivity index (χ2v) is 2.94. The van der Waals surface area contributed by atoms with Gasteiger partial charge in [-0.15, -0.1) is 0 Å². The Labute approximate surface area is 72.2 Å². The Bertz CT molecular complexity index is 232. The number of anilines is 1. The van der Waals surface area contributed by atoms with Crippen molar-refractivity contribution in [1.82, 2.24) is 9.78 Å². The van der Waals surface area contributed by atoms with Crippen LogP contribution in [0.2, 0.25) is 0 Å². The van der Waals surface area contributed by atoms with Gasteiger partial charge in [0.1, 0.15) is 5.82 Å². The van der Waals surface area contributed by atoms with Gasteiger partial charge >= 0.3 is 0 Å². The fraction of sp³-hybridized carbons (Fsp3) is 0.625. The van der Waals surface area contributed by atoms with Crippen LogP contribution in [0.3, 0.4) is 0 Å². The summed E-state index contributed by atoms with van der Waals surface area (Å²) in [5, 5.41) is 16.2. The normalized spacial score (nSPS) is 12.9. The summed E-state index contributed by atoms with van der Waals surface area (Å²) in [6.07, 6.45) is 2.38. The van der Waals surface area contributed by atoms with Gasteiger partial charge in [-0.3, -0.25) is 4.68 Å². The number of aryl methyl sites for hydroxylation is 1. The van der Waals surface area contributed by atoms with E-state index in [2.05, 4.69) is 10.4 Å². The van der Waals surface area contributed by atoms with Crippen molar-refractivity contribution in [1.29, 1.82) is 0 Å². The van der Waals surface area contributed by atoms with Gasteiger partial charge in [-0.1, -0.05) is 0 Å². The molecule has 0 aromatic carbocycles. The lowest BCUT2D eigenvalue weighted by Gasteiger charge is -2.04. The van der Waals surface area contributed by atoms with Crippen molar-refractivity contribution in [3.8, 4) is 0 Å². The number of nitrogens with zero attached hydrogens (tertiary/aromatic N) is 2. The molecule has 1 heterocycles. The maximum atomic E-state index is 8.97. The Kier molecular flexibility index (Phi) is 3.10. The minimum Gasteiger partial charge on any atom is -0.393 e. The molecule has 12 heavy (non-hydrogen) atoms. The Morgan fingerprint density at radius 2 is 2.50 bits per heavy atom.